The summed E-state index contributed by atoms with van der Waals surface area (Å²) in [5.41, 5.74) is 0. The quantitative estimate of drug-likeness (QED) is 0.761. The number of rotatable bonds is 3. The van der Waals surface area contributed by atoms with Crippen LogP contribution in [0.4, 0.5) is 0 Å². The fraction of sp³-hybridized carbons (Fsp3) is 0.222. The highest BCUT2D eigenvalue weighted by Crippen LogP contribution is 2.21. The number of benzene rings is 1. The molecule has 1 aromatic rings. The second-order valence-electron chi connectivity index (χ2n) is 2.45. The van der Waals surface area contributed by atoms with Crippen LogP contribution in [-0.4, -0.2) is 11.5 Å². The summed E-state index contributed by atoms with van der Waals surface area (Å²) in [5, 5.41) is 0. The van der Waals surface area contributed by atoms with E-state index < -0.39 is 0 Å². The zero-order valence-electron chi connectivity index (χ0n) is 6.71. The molecule has 0 N–H and O–H groups in total. The van der Waals surface area contributed by atoms with E-state index in [2.05, 4.69) is 15.9 Å². The van der Waals surface area contributed by atoms with E-state index in [1.807, 2.05) is 24.3 Å². The van der Waals surface area contributed by atoms with E-state index in [9.17, 15) is 4.79 Å². The van der Waals surface area contributed by atoms with Crippen molar-refractivity contribution >= 4 is 33.5 Å². The van der Waals surface area contributed by atoms with Gasteiger partial charge in [0.25, 0.3) is 0 Å². The molecule has 0 unspecified atom stereocenters. The van der Waals surface area contributed by atoms with Gasteiger partial charge in [0.05, 0.1) is 5.75 Å². The Morgan fingerprint density at radius 3 is 2.92 bits per heavy atom. The number of Topliss-reactive ketones (excluding diaryl/α,β-unsaturated/α-hetero) is 1. The third-order valence-corrected chi connectivity index (χ3v) is 2.87. The van der Waals surface area contributed by atoms with Gasteiger partial charge in [0.1, 0.15) is 5.78 Å². The summed E-state index contributed by atoms with van der Waals surface area (Å²) in [7, 11) is 0. The Bertz CT molecular complexity index is 286. The number of halogens is 1. The highest BCUT2D eigenvalue weighted by atomic mass is 79.9. The van der Waals surface area contributed by atoms with Crippen molar-refractivity contribution in [2.75, 3.05) is 5.75 Å². The van der Waals surface area contributed by atoms with Crippen LogP contribution in [0.2, 0.25) is 0 Å². The van der Waals surface area contributed by atoms with Gasteiger partial charge in [-0.1, -0.05) is 22.0 Å². The normalized spacial score (nSPS) is 9.83. The molecule has 0 aliphatic carbocycles. The molecule has 0 atom stereocenters. The monoisotopic (exact) mass is 244 g/mol. The fourth-order valence-corrected chi connectivity index (χ4v) is 2.05. The molecule has 1 rings (SSSR count). The maximum Gasteiger partial charge on any atom is 0.140 e. The Labute approximate surface area is 84.7 Å². The van der Waals surface area contributed by atoms with Crippen LogP contribution in [-0.2, 0) is 4.79 Å². The van der Waals surface area contributed by atoms with E-state index in [-0.39, 0.29) is 5.78 Å². The lowest BCUT2D eigenvalue weighted by molar-refractivity contribution is -0.114. The molecule has 0 saturated heterocycles. The van der Waals surface area contributed by atoms with Gasteiger partial charge in [-0.3, -0.25) is 4.79 Å². The smallest absolute Gasteiger partial charge is 0.140 e. The minimum absolute atomic E-state index is 0.208. The molecule has 1 aromatic carbocycles. The molecule has 0 aromatic heterocycles. The number of carbonyl (C=O) groups is 1. The molecule has 3 heteroatoms. The van der Waals surface area contributed by atoms with E-state index in [0.29, 0.717) is 5.75 Å². The molecular weight excluding hydrogens is 236 g/mol. The number of thioether (sulfide) groups is 1. The van der Waals surface area contributed by atoms with E-state index in [1.165, 1.54) is 0 Å². The SMILES string of the molecule is CC(=O)CSc1cccc(Br)c1. The molecule has 64 valence electrons. The van der Waals surface area contributed by atoms with Crippen LogP contribution in [0.25, 0.3) is 0 Å². The summed E-state index contributed by atoms with van der Waals surface area (Å²) in [6, 6.07) is 7.94. The largest absolute Gasteiger partial charge is 0.299 e. The van der Waals surface area contributed by atoms with Crippen LogP contribution in [0.1, 0.15) is 6.92 Å². The van der Waals surface area contributed by atoms with Crippen LogP contribution in [0, 0.1) is 0 Å². The summed E-state index contributed by atoms with van der Waals surface area (Å²) in [5.74, 6) is 0.760. The predicted octanol–water partition coefficient (Wildman–Crippen LogP) is 3.13. The molecule has 0 aliphatic heterocycles. The molecule has 12 heavy (non-hydrogen) atoms. The second-order valence-corrected chi connectivity index (χ2v) is 4.41. The van der Waals surface area contributed by atoms with E-state index in [0.717, 1.165) is 9.37 Å². The second kappa shape index (κ2) is 4.67. The lowest BCUT2D eigenvalue weighted by Crippen LogP contribution is -1.92. The van der Waals surface area contributed by atoms with Gasteiger partial charge >= 0.3 is 0 Å². The van der Waals surface area contributed by atoms with E-state index in [1.54, 1.807) is 18.7 Å². The first-order valence-corrected chi connectivity index (χ1v) is 5.34. The molecule has 0 spiro atoms. The number of hydrogen-bond acceptors (Lipinski definition) is 2. The lowest BCUT2D eigenvalue weighted by atomic mass is 10.4. The van der Waals surface area contributed by atoms with Crippen molar-refractivity contribution in [3.63, 3.8) is 0 Å². The number of hydrogen-bond donors (Lipinski definition) is 0. The Hall–Kier alpha value is -0.280. The van der Waals surface area contributed by atoms with Crippen LogP contribution in [0.15, 0.2) is 33.6 Å². The van der Waals surface area contributed by atoms with E-state index in [4.69, 9.17) is 0 Å². The van der Waals surface area contributed by atoms with Crippen molar-refractivity contribution in [1.29, 1.82) is 0 Å². The molecule has 0 bridgehead atoms. The molecule has 0 aliphatic rings. The molecule has 0 heterocycles. The van der Waals surface area contributed by atoms with Crippen molar-refractivity contribution in [3.05, 3.63) is 28.7 Å². The summed E-state index contributed by atoms with van der Waals surface area (Å²) in [4.78, 5) is 11.8. The summed E-state index contributed by atoms with van der Waals surface area (Å²) < 4.78 is 1.05. The zero-order chi connectivity index (χ0) is 8.97. The first-order chi connectivity index (χ1) is 5.68. The Morgan fingerprint density at radius 1 is 1.58 bits per heavy atom. The standard InChI is InChI=1S/C9H9BrOS/c1-7(11)6-12-9-4-2-3-8(10)5-9/h2-5H,6H2,1H3. The van der Waals surface area contributed by atoms with Gasteiger partial charge in [0.15, 0.2) is 0 Å². The molecule has 0 radical (unpaired) electrons. The molecule has 0 saturated carbocycles. The highest BCUT2D eigenvalue weighted by Gasteiger charge is 1.96. The van der Waals surface area contributed by atoms with Crippen molar-refractivity contribution in [2.45, 2.75) is 11.8 Å². The maximum atomic E-state index is 10.7. The third kappa shape index (κ3) is 3.41. The van der Waals surface area contributed by atoms with Crippen LogP contribution in [0.3, 0.4) is 0 Å². The number of carbonyl (C=O) groups excluding carboxylic acids is 1. The fourth-order valence-electron chi connectivity index (χ4n) is 0.742. The first kappa shape index (κ1) is 9.81. The lowest BCUT2D eigenvalue weighted by Gasteiger charge is -1.98. The topological polar surface area (TPSA) is 17.1 Å². The van der Waals surface area contributed by atoms with Gasteiger partial charge in [-0.15, -0.1) is 11.8 Å². The van der Waals surface area contributed by atoms with Crippen molar-refractivity contribution in [3.8, 4) is 0 Å². The van der Waals surface area contributed by atoms with Crippen molar-refractivity contribution in [2.24, 2.45) is 0 Å². The maximum absolute atomic E-state index is 10.7. The Kier molecular flexibility index (Phi) is 3.82. The predicted molar refractivity (Wildman–Crippen MR) is 55.5 cm³/mol. The van der Waals surface area contributed by atoms with Crippen LogP contribution in [0.5, 0.6) is 0 Å². The van der Waals surface area contributed by atoms with Gasteiger partial charge in [0, 0.05) is 9.37 Å². The van der Waals surface area contributed by atoms with Gasteiger partial charge in [-0.05, 0) is 25.1 Å². The van der Waals surface area contributed by atoms with Crippen LogP contribution < -0.4 is 0 Å². The van der Waals surface area contributed by atoms with Crippen molar-refractivity contribution in [1.82, 2.24) is 0 Å². The third-order valence-electron chi connectivity index (χ3n) is 1.24. The Balaban J connectivity index is 2.57. The zero-order valence-corrected chi connectivity index (χ0v) is 9.11. The van der Waals surface area contributed by atoms with Gasteiger partial charge in [-0.2, -0.15) is 0 Å². The number of ketones is 1. The molecule has 0 amide bonds. The van der Waals surface area contributed by atoms with Crippen molar-refractivity contribution < 1.29 is 4.79 Å². The van der Waals surface area contributed by atoms with Gasteiger partial charge in [-0.25, -0.2) is 0 Å². The van der Waals surface area contributed by atoms with Gasteiger partial charge < -0.3 is 0 Å². The van der Waals surface area contributed by atoms with E-state index >= 15 is 0 Å². The minimum atomic E-state index is 0.208. The molecule has 0 fully saturated rings. The van der Waals surface area contributed by atoms with Gasteiger partial charge in [0.2, 0.25) is 0 Å². The molecule has 1 nitrogen and oxygen atoms in total. The molecular formula is C9H9BrOS. The minimum Gasteiger partial charge on any atom is -0.299 e. The summed E-state index contributed by atoms with van der Waals surface area (Å²) in [6.07, 6.45) is 0. The highest BCUT2D eigenvalue weighted by molar-refractivity contribution is 9.10. The summed E-state index contributed by atoms with van der Waals surface area (Å²) in [6.45, 7) is 1.60. The average molecular weight is 245 g/mol. The first-order valence-electron chi connectivity index (χ1n) is 3.56. The van der Waals surface area contributed by atoms with Crippen LogP contribution >= 0.6 is 27.7 Å². The average Bonchev–Trinajstić information content (AvgIpc) is 2.01. The Morgan fingerprint density at radius 2 is 2.33 bits per heavy atom. The summed E-state index contributed by atoms with van der Waals surface area (Å²) >= 11 is 4.93.